The van der Waals surface area contributed by atoms with Crippen LogP contribution < -0.4 is 20.1 Å². The van der Waals surface area contributed by atoms with Crippen LogP contribution in [0.15, 0.2) is 120 Å². The number of benzene rings is 4. The third kappa shape index (κ3) is 6.55. The number of thiazole rings is 1. The van der Waals surface area contributed by atoms with Crippen molar-refractivity contribution in [1.82, 2.24) is 19.7 Å². The Hall–Kier alpha value is -4.71. The van der Waals surface area contributed by atoms with Crippen LogP contribution in [0.4, 0.5) is 10.8 Å². The summed E-state index contributed by atoms with van der Waals surface area (Å²) in [5.74, 6) is 3.55. The van der Waals surface area contributed by atoms with Crippen molar-refractivity contribution in [2.45, 2.75) is 5.16 Å². The van der Waals surface area contributed by atoms with E-state index in [9.17, 15) is 0 Å². The van der Waals surface area contributed by atoms with Crippen LogP contribution in [0.2, 0.25) is 0 Å². The molecule has 4 aromatic carbocycles. The highest BCUT2D eigenvalue weighted by atomic mass is 32.1. The lowest BCUT2D eigenvalue weighted by Crippen LogP contribution is -2.18. The highest BCUT2D eigenvalue weighted by Crippen LogP contribution is 2.30. The molecule has 0 unspecified atom stereocenters. The van der Waals surface area contributed by atoms with E-state index in [-0.39, 0.29) is 0 Å². The van der Waals surface area contributed by atoms with Gasteiger partial charge in [0.15, 0.2) is 21.2 Å². The smallest absolute Gasteiger partial charge is 0.193 e. The van der Waals surface area contributed by atoms with E-state index in [0.29, 0.717) is 26.9 Å². The van der Waals surface area contributed by atoms with E-state index < -0.39 is 0 Å². The Morgan fingerprint density at radius 1 is 0.707 bits per heavy atom. The van der Waals surface area contributed by atoms with E-state index in [2.05, 4.69) is 38.4 Å². The second kappa shape index (κ2) is 12.2. The minimum absolute atomic E-state index is 0.410. The van der Waals surface area contributed by atoms with Gasteiger partial charge in [-0.05, 0) is 85.0 Å². The van der Waals surface area contributed by atoms with Crippen LogP contribution in [0.1, 0.15) is 0 Å². The zero-order chi connectivity index (χ0) is 28.0. The monoisotopic (exact) mass is 594 g/mol. The Labute approximate surface area is 251 Å². The number of thiol groups is 1. The van der Waals surface area contributed by atoms with E-state index in [0.717, 1.165) is 34.4 Å². The molecule has 6 rings (SSSR count). The number of rotatable bonds is 8. The lowest BCUT2D eigenvalue weighted by atomic mass is 10.3. The number of thiocarbonyl (C=S) groups is 1. The third-order valence-corrected chi connectivity index (χ3v) is 7.02. The van der Waals surface area contributed by atoms with Crippen LogP contribution >= 0.6 is 36.2 Å². The molecule has 0 aliphatic heterocycles. The highest BCUT2D eigenvalue weighted by Gasteiger charge is 2.17. The quantitative estimate of drug-likeness (QED) is 0.120. The summed E-state index contributed by atoms with van der Waals surface area (Å²) >= 11 is 11.4. The molecule has 0 bridgehead atoms. The molecule has 202 valence electrons. The first-order valence-electron chi connectivity index (χ1n) is 12.5. The number of hydrogen-bond acceptors (Lipinski definition) is 8. The summed E-state index contributed by atoms with van der Waals surface area (Å²) < 4.78 is 13.6. The van der Waals surface area contributed by atoms with Gasteiger partial charge in [0, 0.05) is 11.1 Å². The van der Waals surface area contributed by atoms with Crippen molar-refractivity contribution in [1.29, 1.82) is 0 Å². The zero-order valence-corrected chi connectivity index (χ0v) is 23.9. The predicted molar refractivity (Wildman–Crippen MR) is 169 cm³/mol. The van der Waals surface area contributed by atoms with Gasteiger partial charge in [0.1, 0.15) is 28.7 Å². The Bertz CT molecular complexity index is 1760. The maximum absolute atomic E-state index is 5.91. The fourth-order valence-electron chi connectivity index (χ4n) is 3.89. The molecule has 41 heavy (non-hydrogen) atoms. The van der Waals surface area contributed by atoms with Crippen molar-refractivity contribution in [2.24, 2.45) is 0 Å². The maximum atomic E-state index is 5.91. The van der Waals surface area contributed by atoms with E-state index >= 15 is 0 Å². The second-order valence-corrected chi connectivity index (χ2v) is 10.3. The molecular formula is C30H22N6O2S3. The van der Waals surface area contributed by atoms with Crippen LogP contribution in [0.5, 0.6) is 23.0 Å². The van der Waals surface area contributed by atoms with Gasteiger partial charge in [-0.15, -0.1) is 34.2 Å². The summed E-state index contributed by atoms with van der Waals surface area (Å²) in [6, 6.07) is 34.4. The minimum Gasteiger partial charge on any atom is -0.457 e. The molecule has 0 atom stereocenters. The second-order valence-electron chi connectivity index (χ2n) is 8.62. The van der Waals surface area contributed by atoms with E-state index in [1.165, 1.54) is 11.3 Å². The van der Waals surface area contributed by atoms with E-state index in [1.54, 1.807) is 0 Å². The highest BCUT2D eigenvalue weighted by molar-refractivity contribution is 7.80. The fourth-order valence-corrected chi connectivity index (χ4v) is 5.12. The molecule has 0 saturated carbocycles. The summed E-state index contributed by atoms with van der Waals surface area (Å²) in [5.41, 5.74) is 2.29. The van der Waals surface area contributed by atoms with E-state index in [4.69, 9.17) is 21.7 Å². The molecular weight excluding hydrogens is 573 g/mol. The fraction of sp³-hybridized carbons (Fsp3) is 0. The molecule has 2 heterocycles. The molecule has 0 saturated heterocycles. The third-order valence-electron chi connectivity index (χ3n) is 5.76. The first kappa shape index (κ1) is 26.5. The molecule has 11 heteroatoms. The first-order chi connectivity index (χ1) is 20.1. The predicted octanol–water partition coefficient (Wildman–Crippen LogP) is 8.07. The van der Waals surface area contributed by atoms with Gasteiger partial charge in [-0.1, -0.05) is 36.4 Å². The van der Waals surface area contributed by atoms with Crippen LogP contribution in [-0.2, 0) is 0 Å². The van der Waals surface area contributed by atoms with Crippen molar-refractivity contribution in [3.05, 3.63) is 115 Å². The molecule has 2 aromatic heterocycles. The van der Waals surface area contributed by atoms with Gasteiger partial charge in [0.2, 0.25) is 0 Å². The Morgan fingerprint density at radius 3 is 1.88 bits per heavy atom. The number of ether oxygens (including phenoxy) is 2. The van der Waals surface area contributed by atoms with Gasteiger partial charge in [0.25, 0.3) is 0 Å². The number of nitrogens with one attached hydrogen (secondary N) is 2. The summed E-state index contributed by atoms with van der Waals surface area (Å²) in [4.78, 5) is 4.67. The lowest BCUT2D eigenvalue weighted by molar-refractivity contribution is 0.482. The first-order valence-corrected chi connectivity index (χ1v) is 14.2. The van der Waals surface area contributed by atoms with Crippen molar-refractivity contribution in [3.8, 4) is 40.2 Å². The Morgan fingerprint density at radius 2 is 1.27 bits per heavy atom. The average molecular weight is 595 g/mol. The molecule has 8 nitrogen and oxygen atoms in total. The van der Waals surface area contributed by atoms with Crippen LogP contribution in [0, 0.1) is 0 Å². The normalized spacial score (nSPS) is 10.7. The SMILES string of the molecule is S=C(Nc1ccc(Oc2ccccc2)cc1)Nc1nc(-c2nnc(S)n2-c2ccc(Oc3ccccc3)cc2)cs1. The Kier molecular flexibility index (Phi) is 7.90. The number of anilines is 2. The van der Waals surface area contributed by atoms with E-state index in [1.807, 2.05) is 119 Å². The van der Waals surface area contributed by atoms with Crippen LogP contribution in [0.25, 0.3) is 17.2 Å². The molecule has 0 fully saturated rings. The van der Waals surface area contributed by atoms with Gasteiger partial charge in [0.05, 0.1) is 5.69 Å². The maximum Gasteiger partial charge on any atom is 0.193 e. The Balaban J connectivity index is 1.10. The molecule has 0 spiro atoms. The molecule has 0 amide bonds. The van der Waals surface area contributed by atoms with Gasteiger partial charge in [-0.2, -0.15) is 0 Å². The summed E-state index contributed by atoms with van der Waals surface area (Å²) in [5, 5.41) is 18.1. The molecule has 6 aromatic rings. The molecule has 0 aliphatic rings. The molecule has 0 radical (unpaired) electrons. The van der Waals surface area contributed by atoms with Gasteiger partial charge in [-0.3, -0.25) is 4.57 Å². The lowest BCUT2D eigenvalue weighted by Gasteiger charge is -2.10. The summed E-state index contributed by atoms with van der Waals surface area (Å²) in [6.45, 7) is 0. The standard InChI is InChI=1S/C30H22N6O2S3/c39-28(31-20-11-15-24(16-12-20)37-22-7-3-1-4-8-22)33-29-32-26(19-41-29)27-34-35-30(40)36(27)21-13-17-25(18-14-21)38-23-9-5-2-6-10-23/h1-19H,(H,35,40)(H2,31,32,33,39). The van der Waals surface area contributed by atoms with Gasteiger partial charge in [-0.25, -0.2) is 4.98 Å². The van der Waals surface area contributed by atoms with Crippen LogP contribution in [0.3, 0.4) is 0 Å². The molecule has 0 aliphatic carbocycles. The topological polar surface area (TPSA) is 86.1 Å². The van der Waals surface area contributed by atoms with Crippen molar-refractivity contribution in [2.75, 3.05) is 10.6 Å². The number of para-hydroxylation sites is 2. The van der Waals surface area contributed by atoms with Crippen molar-refractivity contribution >= 4 is 52.1 Å². The number of aromatic nitrogens is 4. The minimum atomic E-state index is 0.410. The number of hydrogen-bond donors (Lipinski definition) is 3. The summed E-state index contributed by atoms with van der Waals surface area (Å²) in [6.07, 6.45) is 0. The largest absolute Gasteiger partial charge is 0.457 e. The van der Waals surface area contributed by atoms with Gasteiger partial charge < -0.3 is 20.1 Å². The van der Waals surface area contributed by atoms with Crippen molar-refractivity contribution < 1.29 is 9.47 Å². The summed E-state index contributed by atoms with van der Waals surface area (Å²) in [7, 11) is 0. The van der Waals surface area contributed by atoms with Crippen molar-refractivity contribution in [3.63, 3.8) is 0 Å². The number of nitrogens with zero attached hydrogens (tertiary/aromatic N) is 4. The zero-order valence-electron chi connectivity index (χ0n) is 21.3. The molecule has 2 N–H and O–H groups in total. The van der Waals surface area contributed by atoms with Gasteiger partial charge >= 0.3 is 0 Å². The average Bonchev–Trinajstić information content (AvgIpc) is 3.62. The van der Waals surface area contributed by atoms with Crippen LogP contribution in [-0.4, -0.2) is 24.9 Å².